The van der Waals surface area contributed by atoms with Crippen molar-refractivity contribution in [3.8, 4) is 11.5 Å². The van der Waals surface area contributed by atoms with Crippen LogP contribution in [0.1, 0.15) is 31.8 Å². The van der Waals surface area contributed by atoms with Gasteiger partial charge in [0.15, 0.2) is 0 Å². The summed E-state index contributed by atoms with van der Waals surface area (Å²) in [4.78, 5) is 24.4. The normalized spacial score (nSPS) is 10.0. The Morgan fingerprint density at radius 1 is 0.708 bits per heavy atom. The van der Waals surface area contributed by atoms with Gasteiger partial charge in [-0.2, -0.15) is 0 Å². The van der Waals surface area contributed by atoms with E-state index in [4.69, 9.17) is 9.47 Å². The predicted molar refractivity (Wildman–Crippen MR) is 90.4 cm³/mol. The Labute approximate surface area is 140 Å². The van der Waals surface area contributed by atoms with Gasteiger partial charge < -0.3 is 9.47 Å². The molecular formula is C18H20N2O4. The van der Waals surface area contributed by atoms with Gasteiger partial charge in [-0.3, -0.25) is 20.4 Å². The summed E-state index contributed by atoms with van der Waals surface area (Å²) in [6.07, 6.45) is 0. The molecule has 0 saturated carbocycles. The van der Waals surface area contributed by atoms with E-state index in [0.29, 0.717) is 22.6 Å². The zero-order chi connectivity index (χ0) is 17.7. The lowest BCUT2D eigenvalue weighted by Gasteiger charge is -2.11. The molecule has 0 unspecified atom stereocenters. The Hall–Kier alpha value is -3.02. The van der Waals surface area contributed by atoms with Crippen molar-refractivity contribution in [2.24, 2.45) is 0 Å². The lowest BCUT2D eigenvalue weighted by Crippen LogP contribution is -2.41. The second-order valence-corrected chi connectivity index (χ2v) is 5.39. The van der Waals surface area contributed by atoms with Crippen LogP contribution in [0, 0.1) is 13.8 Å². The van der Waals surface area contributed by atoms with Gasteiger partial charge in [-0.25, -0.2) is 0 Å². The molecule has 0 fully saturated rings. The SMILES string of the molecule is COc1cc(OC)cc(C(=O)NNC(=O)c2cc(C)cc(C)c2)c1. The quantitative estimate of drug-likeness (QED) is 0.845. The minimum atomic E-state index is -0.468. The second-order valence-electron chi connectivity index (χ2n) is 5.39. The minimum absolute atomic E-state index is 0.312. The zero-order valence-electron chi connectivity index (χ0n) is 14.1. The number of rotatable bonds is 4. The average molecular weight is 328 g/mol. The molecule has 0 radical (unpaired) electrons. The van der Waals surface area contributed by atoms with Crippen LogP contribution in [0.3, 0.4) is 0 Å². The van der Waals surface area contributed by atoms with E-state index >= 15 is 0 Å². The highest BCUT2D eigenvalue weighted by Gasteiger charge is 2.12. The summed E-state index contributed by atoms with van der Waals surface area (Å²) >= 11 is 0. The molecule has 0 spiro atoms. The third-order valence-electron chi connectivity index (χ3n) is 3.39. The maximum absolute atomic E-state index is 12.2. The largest absolute Gasteiger partial charge is 0.497 e. The van der Waals surface area contributed by atoms with Gasteiger partial charge in [0.2, 0.25) is 0 Å². The van der Waals surface area contributed by atoms with Crippen LogP contribution in [0.2, 0.25) is 0 Å². The number of benzene rings is 2. The van der Waals surface area contributed by atoms with Crippen molar-refractivity contribution in [1.82, 2.24) is 10.9 Å². The third-order valence-corrected chi connectivity index (χ3v) is 3.39. The van der Waals surface area contributed by atoms with E-state index in [0.717, 1.165) is 11.1 Å². The first-order chi connectivity index (χ1) is 11.4. The maximum Gasteiger partial charge on any atom is 0.269 e. The Balaban J connectivity index is 2.08. The molecule has 0 saturated heterocycles. The lowest BCUT2D eigenvalue weighted by atomic mass is 10.1. The summed E-state index contributed by atoms with van der Waals surface area (Å²) in [5, 5.41) is 0. The number of aryl methyl sites for hydroxylation is 2. The van der Waals surface area contributed by atoms with E-state index in [9.17, 15) is 9.59 Å². The summed E-state index contributed by atoms with van der Waals surface area (Å²) in [5.41, 5.74) is 7.54. The third kappa shape index (κ3) is 4.25. The summed E-state index contributed by atoms with van der Waals surface area (Å²) in [6.45, 7) is 3.82. The molecule has 2 N–H and O–H groups in total. The monoisotopic (exact) mass is 328 g/mol. The van der Waals surface area contributed by atoms with Gasteiger partial charge in [-0.1, -0.05) is 17.2 Å². The smallest absolute Gasteiger partial charge is 0.269 e. The first-order valence-electron chi connectivity index (χ1n) is 7.35. The van der Waals surface area contributed by atoms with E-state index < -0.39 is 5.91 Å². The number of nitrogens with one attached hydrogen (secondary N) is 2. The molecule has 0 bridgehead atoms. The van der Waals surface area contributed by atoms with Crippen LogP contribution < -0.4 is 20.3 Å². The number of carbonyl (C=O) groups excluding carboxylic acids is 2. The van der Waals surface area contributed by atoms with Gasteiger partial charge in [-0.05, 0) is 38.1 Å². The summed E-state index contributed by atoms with van der Waals surface area (Å²) in [5.74, 6) is 0.121. The fourth-order valence-electron chi connectivity index (χ4n) is 2.30. The fraction of sp³-hybridized carbons (Fsp3) is 0.222. The molecule has 24 heavy (non-hydrogen) atoms. The van der Waals surface area contributed by atoms with E-state index in [-0.39, 0.29) is 5.91 Å². The van der Waals surface area contributed by atoms with Gasteiger partial charge in [0.05, 0.1) is 14.2 Å². The highest BCUT2D eigenvalue weighted by molar-refractivity contribution is 5.99. The molecule has 0 aliphatic heterocycles. The maximum atomic E-state index is 12.2. The van der Waals surface area contributed by atoms with Crippen molar-refractivity contribution in [2.75, 3.05) is 14.2 Å². The van der Waals surface area contributed by atoms with Crippen molar-refractivity contribution < 1.29 is 19.1 Å². The summed E-state index contributed by atoms with van der Waals surface area (Å²) < 4.78 is 10.2. The zero-order valence-corrected chi connectivity index (χ0v) is 14.1. The highest BCUT2D eigenvalue weighted by Crippen LogP contribution is 2.22. The molecule has 0 aromatic heterocycles. The number of hydrogen-bond acceptors (Lipinski definition) is 4. The number of hydrogen-bond donors (Lipinski definition) is 2. The van der Waals surface area contributed by atoms with Gasteiger partial charge in [0.1, 0.15) is 11.5 Å². The fourth-order valence-corrected chi connectivity index (χ4v) is 2.30. The van der Waals surface area contributed by atoms with Crippen molar-refractivity contribution in [3.05, 3.63) is 58.7 Å². The molecule has 2 rings (SSSR count). The van der Waals surface area contributed by atoms with Gasteiger partial charge in [0, 0.05) is 17.2 Å². The van der Waals surface area contributed by atoms with E-state index in [1.807, 2.05) is 19.9 Å². The molecule has 0 aliphatic rings. The Bertz CT molecular complexity index is 729. The molecule has 0 heterocycles. The van der Waals surface area contributed by atoms with E-state index in [1.165, 1.54) is 14.2 Å². The van der Waals surface area contributed by atoms with Crippen molar-refractivity contribution >= 4 is 11.8 Å². The molecule has 0 aliphatic carbocycles. The van der Waals surface area contributed by atoms with Gasteiger partial charge in [-0.15, -0.1) is 0 Å². The topological polar surface area (TPSA) is 76.7 Å². The highest BCUT2D eigenvalue weighted by atomic mass is 16.5. The van der Waals surface area contributed by atoms with Gasteiger partial charge in [0.25, 0.3) is 11.8 Å². The van der Waals surface area contributed by atoms with Crippen LogP contribution in [0.5, 0.6) is 11.5 Å². The van der Waals surface area contributed by atoms with Crippen molar-refractivity contribution in [3.63, 3.8) is 0 Å². The van der Waals surface area contributed by atoms with Crippen LogP contribution >= 0.6 is 0 Å². The Kier molecular flexibility index (Phi) is 5.42. The summed E-state index contributed by atoms with van der Waals surface area (Å²) in [7, 11) is 3.00. The van der Waals surface area contributed by atoms with Crippen LogP contribution in [-0.4, -0.2) is 26.0 Å². The molecule has 2 aromatic carbocycles. The van der Waals surface area contributed by atoms with Crippen LogP contribution in [0.15, 0.2) is 36.4 Å². The molecule has 126 valence electrons. The molecule has 2 amide bonds. The molecule has 0 atom stereocenters. The van der Waals surface area contributed by atoms with Crippen LogP contribution in [0.4, 0.5) is 0 Å². The van der Waals surface area contributed by atoms with Gasteiger partial charge >= 0.3 is 0 Å². The summed E-state index contributed by atoms with van der Waals surface area (Å²) in [6, 6.07) is 10.2. The molecule has 6 heteroatoms. The van der Waals surface area contributed by atoms with E-state index in [1.54, 1.807) is 30.3 Å². The number of amides is 2. The second kappa shape index (κ2) is 7.50. The number of ether oxygens (including phenoxy) is 2. The van der Waals surface area contributed by atoms with Crippen molar-refractivity contribution in [1.29, 1.82) is 0 Å². The first kappa shape index (κ1) is 17.3. The standard InChI is InChI=1S/C18H20N2O4/c1-11-5-12(2)7-13(6-11)17(21)19-20-18(22)14-8-15(23-3)10-16(9-14)24-4/h5-10H,1-4H3,(H,19,21)(H,20,22). The minimum Gasteiger partial charge on any atom is -0.497 e. The molecule has 2 aromatic rings. The van der Waals surface area contributed by atoms with E-state index in [2.05, 4.69) is 10.9 Å². The number of methoxy groups -OCH3 is 2. The molecular weight excluding hydrogens is 308 g/mol. The average Bonchev–Trinajstić information content (AvgIpc) is 2.57. The molecule has 6 nitrogen and oxygen atoms in total. The van der Waals surface area contributed by atoms with Crippen LogP contribution in [0.25, 0.3) is 0 Å². The number of hydrazine groups is 1. The Morgan fingerprint density at radius 2 is 1.12 bits per heavy atom. The van der Waals surface area contributed by atoms with Crippen molar-refractivity contribution in [2.45, 2.75) is 13.8 Å². The lowest BCUT2D eigenvalue weighted by molar-refractivity contribution is 0.0846. The predicted octanol–water partition coefficient (Wildman–Crippen LogP) is 2.40. The van der Waals surface area contributed by atoms with Crippen LogP contribution in [-0.2, 0) is 0 Å². The first-order valence-corrected chi connectivity index (χ1v) is 7.35. The Morgan fingerprint density at radius 3 is 1.54 bits per heavy atom. The number of carbonyl (C=O) groups is 2.